The van der Waals surface area contributed by atoms with E-state index < -0.39 is 0 Å². The number of rotatable bonds is 5. The van der Waals surface area contributed by atoms with Gasteiger partial charge in [0.25, 0.3) is 0 Å². The molecule has 1 aliphatic heterocycles. The Morgan fingerprint density at radius 2 is 1.82 bits per heavy atom. The van der Waals surface area contributed by atoms with Crippen molar-refractivity contribution in [2.45, 2.75) is 6.92 Å². The normalized spacial score (nSPS) is 14.2. The minimum atomic E-state index is 0.0747. The van der Waals surface area contributed by atoms with Crippen LogP contribution >= 0.6 is 0 Å². The lowest BCUT2D eigenvalue weighted by Gasteiger charge is -2.34. The van der Waals surface area contributed by atoms with Crippen molar-refractivity contribution in [3.8, 4) is 5.88 Å². The fraction of sp³-hybridized carbons (Fsp3) is 0.263. The number of carbonyl (C=O) groups excluding carboxylic acids is 1. The summed E-state index contributed by atoms with van der Waals surface area (Å²) >= 11 is 0. The van der Waals surface area contributed by atoms with E-state index >= 15 is 0 Å². The zero-order valence-corrected chi connectivity index (χ0v) is 15.4. The van der Waals surface area contributed by atoms with Crippen molar-refractivity contribution in [3.05, 3.63) is 48.8 Å². The van der Waals surface area contributed by atoms with Crippen LogP contribution in [0, 0.1) is 0 Å². The fourth-order valence-corrected chi connectivity index (χ4v) is 3.05. The standard InChI is InChI=1S/C19H20N6O3/c1-14(26)24-10-12-25(13-11-24)18-19(21-9-8-20-18)27-28-23-17-7-6-15-4-2-3-5-16(15)22-17/h2-9H,10-13H2,1H3,(H,22,23). The quantitative estimate of drug-likeness (QED) is 0.531. The minimum absolute atomic E-state index is 0.0747. The molecule has 3 aromatic rings. The van der Waals surface area contributed by atoms with Crippen molar-refractivity contribution in [2.24, 2.45) is 0 Å². The second kappa shape index (κ2) is 8.05. The summed E-state index contributed by atoms with van der Waals surface area (Å²) in [6, 6.07) is 11.5. The monoisotopic (exact) mass is 380 g/mol. The van der Waals surface area contributed by atoms with E-state index in [0.717, 1.165) is 10.9 Å². The molecule has 9 heteroatoms. The Hall–Kier alpha value is -3.46. The van der Waals surface area contributed by atoms with Gasteiger partial charge in [0, 0.05) is 50.9 Å². The van der Waals surface area contributed by atoms with Crippen molar-refractivity contribution in [1.82, 2.24) is 19.9 Å². The number of hydrogen-bond donors (Lipinski definition) is 1. The van der Waals surface area contributed by atoms with Crippen LogP contribution in [0.4, 0.5) is 11.6 Å². The molecule has 1 N–H and O–H groups in total. The Kier molecular flexibility index (Phi) is 5.16. The number of nitrogens with one attached hydrogen (secondary N) is 1. The summed E-state index contributed by atoms with van der Waals surface area (Å²) < 4.78 is 0. The Morgan fingerprint density at radius 1 is 1.04 bits per heavy atom. The highest BCUT2D eigenvalue weighted by atomic mass is 17.3. The van der Waals surface area contributed by atoms with Crippen molar-refractivity contribution in [3.63, 3.8) is 0 Å². The molecule has 144 valence electrons. The lowest BCUT2D eigenvalue weighted by Crippen LogP contribution is -2.48. The maximum Gasteiger partial charge on any atom is 0.301 e. The number of benzene rings is 1. The first-order chi connectivity index (χ1) is 13.7. The van der Waals surface area contributed by atoms with Crippen molar-refractivity contribution < 1.29 is 14.7 Å². The summed E-state index contributed by atoms with van der Waals surface area (Å²) in [4.78, 5) is 38.8. The molecule has 0 saturated carbocycles. The molecule has 2 aromatic heterocycles. The first kappa shape index (κ1) is 17.9. The lowest BCUT2D eigenvalue weighted by molar-refractivity contribution is -0.182. The van der Waals surface area contributed by atoms with Gasteiger partial charge in [-0.25, -0.2) is 20.4 Å². The molecular formula is C19H20N6O3. The number of hydrogen-bond acceptors (Lipinski definition) is 8. The second-order valence-corrected chi connectivity index (χ2v) is 6.34. The number of nitrogens with zero attached hydrogens (tertiary/aromatic N) is 5. The third kappa shape index (κ3) is 3.94. The molecule has 1 saturated heterocycles. The molecule has 3 heterocycles. The van der Waals surface area contributed by atoms with Gasteiger partial charge in [0.2, 0.25) is 5.91 Å². The van der Waals surface area contributed by atoms with Gasteiger partial charge in [-0.05, 0) is 18.2 Å². The third-order valence-corrected chi connectivity index (χ3v) is 4.54. The summed E-state index contributed by atoms with van der Waals surface area (Å²) in [5.74, 6) is 1.40. The van der Waals surface area contributed by atoms with Gasteiger partial charge < -0.3 is 9.80 Å². The van der Waals surface area contributed by atoms with Gasteiger partial charge in [0.05, 0.1) is 5.52 Å². The summed E-state index contributed by atoms with van der Waals surface area (Å²) in [5, 5.41) is 1.04. The van der Waals surface area contributed by atoms with Gasteiger partial charge in [0.15, 0.2) is 11.6 Å². The zero-order valence-electron chi connectivity index (χ0n) is 15.4. The van der Waals surface area contributed by atoms with Crippen LogP contribution in [0.3, 0.4) is 0 Å². The summed E-state index contributed by atoms with van der Waals surface area (Å²) in [6.07, 6.45) is 3.13. The summed E-state index contributed by atoms with van der Waals surface area (Å²) in [5.41, 5.74) is 3.51. The molecule has 28 heavy (non-hydrogen) atoms. The van der Waals surface area contributed by atoms with E-state index in [2.05, 4.69) is 20.4 Å². The van der Waals surface area contributed by atoms with Crippen LogP contribution < -0.4 is 15.3 Å². The van der Waals surface area contributed by atoms with E-state index in [-0.39, 0.29) is 11.8 Å². The van der Waals surface area contributed by atoms with E-state index in [1.54, 1.807) is 24.1 Å². The van der Waals surface area contributed by atoms with E-state index in [1.807, 2.05) is 35.2 Å². The highest BCUT2D eigenvalue weighted by Gasteiger charge is 2.23. The van der Waals surface area contributed by atoms with Gasteiger partial charge >= 0.3 is 5.88 Å². The van der Waals surface area contributed by atoms with Crippen LogP contribution in [0.1, 0.15) is 6.92 Å². The fourth-order valence-electron chi connectivity index (χ4n) is 3.05. The molecule has 1 aromatic carbocycles. The Labute approximate surface area is 161 Å². The van der Waals surface area contributed by atoms with Gasteiger partial charge in [0.1, 0.15) is 0 Å². The predicted molar refractivity (Wildman–Crippen MR) is 104 cm³/mol. The molecule has 0 bridgehead atoms. The van der Waals surface area contributed by atoms with Crippen LogP contribution in [-0.4, -0.2) is 51.9 Å². The van der Waals surface area contributed by atoms with Gasteiger partial charge in [-0.3, -0.25) is 9.68 Å². The molecule has 0 unspecified atom stereocenters. The highest BCUT2D eigenvalue weighted by molar-refractivity contribution is 5.79. The smallest absolute Gasteiger partial charge is 0.301 e. The minimum Gasteiger partial charge on any atom is -0.348 e. The SMILES string of the molecule is CC(=O)N1CCN(c2nccnc2OONc2ccc3ccccc3n2)CC1. The Morgan fingerprint density at radius 3 is 2.64 bits per heavy atom. The maximum atomic E-state index is 11.5. The number of piperazine rings is 1. The molecule has 1 fully saturated rings. The number of fused-ring (bicyclic) bond motifs is 1. The number of pyridine rings is 1. The zero-order chi connectivity index (χ0) is 19.3. The maximum absolute atomic E-state index is 11.5. The number of para-hydroxylation sites is 1. The van der Waals surface area contributed by atoms with Crippen molar-refractivity contribution in [2.75, 3.05) is 36.6 Å². The number of amides is 1. The van der Waals surface area contributed by atoms with E-state index in [1.165, 1.54) is 6.20 Å². The van der Waals surface area contributed by atoms with Gasteiger partial charge in [-0.1, -0.05) is 23.2 Å². The highest BCUT2D eigenvalue weighted by Crippen LogP contribution is 2.24. The number of anilines is 2. The van der Waals surface area contributed by atoms with Gasteiger partial charge in [-0.2, -0.15) is 0 Å². The van der Waals surface area contributed by atoms with Crippen molar-refractivity contribution >= 4 is 28.4 Å². The van der Waals surface area contributed by atoms with Crippen LogP contribution in [0.15, 0.2) is 48.8 Å². The molecule has 1 amide bonds. The molecule has 0 aliphatic carbocycles. The van der Waals surface area contributed by atoms with E-state index in [0.29, 0.717) is 37.8 Å². The summed E-state index contributed by atoms with van der Waals surface area (Å²) in [7, 11) is 0. The van der Waals surface area contributed by atoms with Crippen LogP contribution in [0.2, 0.25) is 0 Å². The topological polar surface area (TPSA) is 92.7 Å². The average Bonchev–Trinajstić information content (AvgIpc) is 2.74. The number of carbonyl (C=O) groups is 1. The molecule has 0 atom stereocenters. The Bertz CT molecular complexity index is 975. The number of aromatic nitrogens is 3. The van der Waals surface area contributed by atoms with E-state index in [9.17, 15) is 4.79 Å². The molecule has 1 aliphatic rings. The molecule has 9 nitrogen and oxygen atoms in total. The van der Waals surface area contributed by atoms with Crippen LogP contribution in [-0.2, 0) is 9.78 Å². The van der Waals surface area contributed by atoms with Crippen LogP contribution in [0.5, 0.6) is 5.88 Å². The predicted octanol–water partition coefficient (Wildman–Crippen LogP) is 2.03. The molecule has 4 rings (SSSR count). The Balaban J connectivity index is 1.39. The van der Waals surface area contributed by atoms with E-state index in [4.69, 9.17) is 9.88 Å². The largest absolute Gasteiger partial charge is 0.348 e. The lowest BCUT2D eigenvalue weighted by atomic mass is 10.2. The van der Waals surface area contributed by atoms with Crippen LogP contribution in [0.25, 0.3) is 10.9 Å². The molecule has 0 spiro atoms. The second-order valence-electron chi connectivity index (χ2n) is 6.34. The molecular weight excluding hydrogens is 360 g/mol. The van der Waals surface area contributed by atoms with Crippen molar-refractivity contribution in [1.29, 1.82) is 0 Å². The molecule has 0 radical (unpaired) electrons. The first-order valence-electron chi connectivity index (χ1n) is 8.97. The van der Waals surface area contributed by atoms with Gasteiger partial charge in [-0.15, -0.1) is 0 Å². The third-order valence-electron chi connectivity index (χ3n) is 4.54. The average molecular weight is 380 g/mol. The first-order valence-corrected chi connectivity index (χ1v) is 8.97. The summed E-state index contributed by atoms with van der Waals surface area (Å²) in [6.45, 7) is 4.13.